The SMILES string of the molecule is CC(C)c1cccc(-c2cccc(-c3ccc4ccccc4c3)c2)c1. The fraction of sp³-hybridized carbons (Fsp3) is 0.120. The second kappa shape index (κ2) is 6.57. The first-order chi connectivity index (χ1) is 12.2. The molecule has 0 amide bonds. The molecule has 0 nitrogen and oxygen atoms in total. The van der Waals surface area contributed by atoms with Crippen LogP contribution in [0.1, 0.15) is 25.3 Å². The van der Waals surface area contributed by atoms with Gasteiger partial charge in [0, 0.05) is 0 Å². The molecule has 0 atom stereocenters. The standard InChI is InChI=1S/C25H22/c1-18(2)20-9-5-10-22(15-20)23-11-6-12-24(17-23)25-14-13-19-7-3-4-8-21(19)16-25/h3-18H,1-2H3. The van der Waals surface area contributed by atoms with Crippen LogP contribution < -0.4 is 0 Å². The second-order valence-electron chi connectivity index (χ2n) is 6.92. The summed E-state index contributed by atoms with van der Waals surface area (Å²) in [5.74, 6) is 0.545. The molecule has 0 aliphatic heterocycles. The van der Waals surface area contributed by atoms with Crippen molar-refractivity contribution in [2.24, 2.45) is 0 Å². The van der Waals surface area contributed by atoms with Gasteiger partial charge >= 0.3 is 0 Å². The topological polar surface area (TPSA) is 0 Å². The Balaban J connectivity index is 1.77. The Hall–Kier alpha value is -2.86. The molecule has 122 valence electrons. The molecule has 0 unspecified atom stereocenters. The van der Waals surface area contributed by atoms with Crippen LogP contribution >= 0.6 is 0 Å². The van der Waals surface area contributed by atoms with Crippen molar-refractivity contribution >= 4 is 10.8 Å². The van der Waals surface area contributed by atoms with Crippen LogP contribution in [0.15, 0.2) is 91.0 Å². The molecule has 4 aromatic carbocycles. The Morgan fingerprint density at radius 2 is 1.08 bits per heavy atom. The smallest absolute Gasteiger partial charge is 0.0177 e. The number of fused-ring (bicyclic) bond motifs is 1. The lowest BCUT2D eigenvalue weighted by molar-refractivity contribution is 0.867. The van der Waals surface area contributed by atoms with Crippen molar-refractivity contribution in [3.8, 4) is 22.3 Å². The van der Waals surface area contributed by atoms with E-state index in [1.165, 1.54) is 38.6 Å². The summed E-state index contributed by atoms with van der Waals surface area (Å²) in [6.07, 6.45) is 0. The molecule has 4 rings (SSSR count). The van der Waals surface area contributed by atoms with Crippen molar-refractivity contribution in [2.45, 2.75) is 19.8 Å². The first kappa shape index (κ1) is 15.7. The summed E-state index contributed by atoms with van der Waals surface area (Å²) in [6, 6.07) is 32.9. The average molecular weight is 322 g/mol. The molecule has 0 heterocycles. The zero-order valence-electron chi connectivity index (χ0n) is 14.7. The monoisotopic (exact) mass is 322 g/mol. The largest absolute Gasteiger partial charge is 0.0616 e. The van der Waals surface area contributed by atoms with Gasteiger partial charge in [-0.25, -0.2) is 0 Å². The summed E-state index contributed by atoms with van der Waals surface area (Å²) in [7, 11) is 0. The molecule has 0 N–H and O–H groups in total. The van der Waals surface area contributed by atoms with E-state index in [1.54, 1.807) is 0 Å². The fourth-order valence-corrected chi connectivity index (χ4v) is 3.32. The third kappa shape index (κ3) is 3.21. The van der Waals surface area contributed by atoms with Crippen molar-refractivity contribution in [1.29, 1.82) is 0 Å². The van der Waals surface area contributed by atoms with E-state index >= 15 is 0 Å². The van der Waals surface area contributed by atoms with Gasteiger partial charge in [0.15, 0.2) is 0 Å². The highest BCUT2D eigenvalue weighted by Gasteiger charge is 2.05. The van der Waals surface area contributed by atoms with Gasteiger partial charge in [-0.05, 0) is 56.6 Å². The minimum absolute atomic E-state index is 0.545. The molecular weight excluding hydrogens is 300 g/mol. The Labute approximate surface area is 149 Å². The van der Waals surface area contributed by atoms with Gasteiger partial charge in [0.05, 0.1) is 0 Å². The number of hydrogen-bond donors (Lipinski definition) is 0. The van der Waals surface area contributed by atoms with E-state index in [-0.39, 0.29) is 0 Å². The predicted octanol–water partition coefficient (Wildman–Crippen LogP) is 7.30. The van der Waals surface area contributed by atoms with Gasteiger partial charge < -0.3 is 0 Å². The minimum atomic E-state index is 0.545. The van der Waals surface area contributed by atoms with E-state index in [4.69, 9.17) is 0 Å². The third-order valence-electron chi connectivity index (χ3n) is 4.83. The molecule has 0 bridgehead atoms. The van der Waals surface area contributed by atoms with Crippen molar-refractivity contribution in [1.82, 2.24) is 0 Å². The minimum Gasteiger partial charge on any atom is -0.0616 e. The van der Waals surface area contributed by atoms with Crippen LogP contribution in [0.25, 0.3) is 33.0 Å². The van der Waals surface area contributed by atoms with Crippen molar-refractivity contribution in [2.75, 3.05) is 0 Å². The van der Waals surface area contributed by atoms with Gasteiger partial charge in [-0.3, -0.25) is 0 Å². The summed E-state index contributed by atoms with van der Waals surface area (Å²) in [4.78, 5) is 0. The van der Waals surface area contributed by atoms with Crippen molar-refractivity contribution in [3.05, 3.63) is 96.6 Å². The third-order valence-corrected chi connectivity index (χ3v) is 4.83. The molecule has 0 spiro atoms. The van der Waals surface area contributed by atoms with Crippen LogP contribution in [0.2, 0.25) is 0 Å². The van der Waals surface area contributed by atoms with Gasteiger partial charge in [-0.15, -0.1) is 0 Å². The molecule has 0 aliphatic carbocycles. The molecule has 25 heavy (non-hydrogen) atoms. The first-order valence-electron chi connectivity index (χ1n) is 8.90. The fourth-order valence-electron chi connectivity index (χ4n) is 3.32. The van der Waals surface area contributed by atoms with Crippen LogP contribution in [-0.2, 0) is 0 Å². The molecule has 4 aromatic rings. The normalized spacial score (nSPS) is 11.2. The maximum Gasteiger partial charge on any atom is -0.0177 e. The van der Waals surface area contributed by atoms with Crippen molar-refractivity contribution < 1.29 is 0 Å². The Morgan fingerprint density at radius 3 is 1.80 bits per heavy atom. The lowest BCUT2D eigenvalue weighted by atomic mass is 9.94. The molecule has 0 aliphatic rings. The number of rotatable bonds is 3. The summed E-state index contributed by atoms with van der Waals surface area (Å²) >= 11 is 0. The number of hydrogen-bond acceptors (Lipinski definition) is 0. The molecule has 0 heteroatoms. The van der Waals surface area contributed by atoms with Crippen LogP contribution in [0.5, 0.6) is 0 Å². The first-order valence-corrected chi connectivity index (χ1v) is 8.90. The molecule has 0 aromatic heterocycles. The van der Waals surface area contributed by atoms with Gasteiger partial charge in [0.1, 0.15) is 0 Å². The Morgan fingerprint density at radius 1 is 0.480 bits per heavy atom. The second-order valence-corrected chi connectivity index (χ2v) is 6.92. The predicted molar refractivity (Wildman–Crippen MR) is 109 cm³/mol. The van der Waals surface area contributed by atoms with E-state index in [0.717, 1.165) is 0 Å². The average Bonchev–Trinajstić information content (AvgIpc) is 2.68. The zero-order chi connectivity index (χ0) is 17.2. The van der Waals surface area contributed by atoms with E-state index in [9.17, 15) is 0 Å². The van der Waals surface area contributed by atoms with Gasteiger partial charge in [-0.2, -0.15) is 0 Å². The Bertz CT molecular complexity index is 1020. The van der Waals surface area contributed by atoms with E-state index < -0.39 is 0 Å². The molecule has 0 fully saturated rings. The summed E-state index contributed by atoms with van der Waals surface area (Å²) < 4.78 is 0. The lowest BCUT2D eigenvalue weighted by Gasteiger charge is -2.10. The van der Waals surface area contributed by atoms with Crippen LogP contribution in [-0.4, -0.2) is 0 Å². The van der Waals surface area contributed by atoms with E-state index in [1.807, 2.05) is 0 Å². The van der Waals surface area contributed by atoms with Crippen LogP contribution in [0, 0.1) is 0 Å². The molecule has 0 radical (unpaired) electrons. The van der Waals surface area contributed by atoms with Crippen molar-refractivity contribution in [3.63, 3.8) is 0 Å². The van der Waals surface area contributed by atoms with Crippen LogP contribution in [0.4, 0.5) is 0 Å². The van der Waals surface area contributed by atoms with Gasteiger partial charge in [0.25, 0.3) is 0 Å². The zero-order valence-corrected chi connectivity index (χ0v) is 14.7. The Kier molecular flexibility index (Phi) is 4.11. The van der Waals surface area contributed by atoms with Gasteiger partial charge in [-0.1, -0.05) is 92.7 Å². The van der Waals surface area contributed by atoms with E-state index in [2.05, 4.69) is 105 Å². The summed E-state index contributed by atoms with van der Waals surface area (Å²) in [5.41, 5.74) is 6.47. The number of benzene rings is 4. The highest BCUT2D eigenvalue weighted by atomic mass is 14.1. The molecule has 0 saturated heterocycles. The maximum atomic E-state index is 2.31. The molecule has 0 saturated carbocycles. The quantitative estimate of drug-likeness (QED) is 0.371. The summed E-state index contributed by atoms with van der Waals surface area (Å²) in [6.45, 7) is 4.48. The maximum absolute atomic E-state index is 2.31. The summed E-state index contributed by atoms with van der Waals surface area (Å²) in [5, 5.41) is 2.57. The lowest BCUT2D eigenvalue weighted by Crippen LogP contribution is -1.88. The highest BCUT2D eigenvalue weighted by molar-refractivity contribution is 5.87. The van der Waals surface area contributed by atoms with Crippen LogP contribution in [0.3, 0.4) is 0 Å². The highest BCUT2D eigenvalue weighted by Crippen LogP contribution is 2.30. The van der Waals surface area contributed by atoms with E-state index in [0.29, 0.717) is 5.92 Å². The van der Waals surface area contributed by atoms with Gasteiger partial charge in [0.2, 0.25) is 0 Å². The molecular formula is C25H22.